The molecule has 4 rings (SSSR count). The fourth-order valence-corrected chi connectivity index (χ4v) is 3.57. The molecule has 0 radical (unpaired) electrons. The van der Waals surface area contributed by atoms with Crippen molar-refractivity contribution in [1.29, 1.82) is 0 Å². The fraction of sp³-hybridized carbons (Fsp3) is 0.0800. The monoisotopic (exact) mass is 461 g/mol. The summed E-state index contributed by atoms with van der Waals surface area (Å²) in [5, 5.41) is 4.64. The van der Waals surface area contributed by atoms with Crippen molar-refractivity contribution >= 4 is 32.6 Å². The molecule has 0 unspecified atom stereocenters. The molecule has 0 saturated heterocycles. The number of carbonyl (C=O) groups is 1. The van der Waals surface area contributed by atoms with Crippen molar-refractivity contribution in [2.45, 2.75) is 0 Å². The lowest BCUT2D eigenvalue weighted by Gasteiger charge is -2.16. The first-order chi connectivity index (χ1) is 14.6. The summed E-state index contributed by atoms with van der Waals surface area (Å²) in [7, 11) is 3.28. The molecule has 30 heavy (non-hydrogen) atoms. The van der Waals surface area contributed by atoms with Crippen LogP contribution >= 0.6 is 15.9 Å². The molecule has 0 saturated carbocycles. The molecule has 5 heteroatoms. The van der Waals surface area contributed by atoms with Gasteiger partial charge in [-0.3, -0.25) is 4.79 Å². The minimum Gasteiger partial charge on any atom is -0.497 e. The molecule has 0 aromatic heterocycles. The second kappa shape index (κ2) is 8.59. The lowest BCUT2D eigenvalue weighted by atomic mass is 9.98. The number of methoxy groups -OCH3 is 1. The van der Waals surface area contributed by atoms with Gasteiger partial charge in [-0.2, -0.15) is 0 Å². The van der Waals surface area contributed by atoms with Gasteiger partial charge in [0.15, 0.2) is 0 Å². The highest BCUT2D eigenvalue weighted by Crippen LogP contribution is 2.40. The summed E-state index contributed by atoms with van der Waals surface area (Å²) in [5.41, 5.74) is 2.52. The SMILES string of the molecule is CNC(=O)c1ccc(-c2ccc3cc(OC)ccc3c2Oc2ccc(Br)cc2)cc1. The maximum absolute atomic E-state index is 11.9. The number of halogens is 1. The number of amides is 1. The van der Waals surface area contributed by atoms with Crippen molar-refractivity contribution in [3.05, 3.63) is 88.9 Å². The van der Waals surface area contributed by atoms with Crippen LogP contribution < -0.4 is 14.8 Å². The second-order valence-corrected chi connectivity index (χ2v) is 7.66. The summed E-state index contributed by atoms with van der Waals surface area (Å²) in [4.78, 5) is 11.9. The number of carbonyl (C=O) groups excluding carboxylic acids is 1. The topological polar surface area (TPSA) is 47.6 Å². The number of fused-ring (bicyclic) bond motifs is 1. The van der Waals surface area contributed by atoms with Gasteiger partial charge in [0.1, 0.15) is 17.2 Å². The van der Waals surface area contributed by atoms with Gasteiger partial charge >= 0.3 is 0 Å². The summed E-state index contributed by atoms with van der Waals surface area (Å²) in [6.07, 6.45) is 0. The molecule has 0 aliphatic carbocycles. The van der Waals surface area contributed by atoms with Gasteiger partial charge in [0.2, 0.25) is 0 Å². The highest BCUT2D eigenvalue weighted by Gasteiger charge is 2.14. The first-order valence-corrected chi connectivity index (χ1v) is 10.2. The van der Waals surface area contributed by atoms with Crippen LogP contribution in [0.2, 0.25) is 0 Å². The largest absolute Gasteiger partial charge is 0.497 e. The molecule has 0 fully saturated rings. The second-order valence-electron chi connectivity index (χ2n) is 6.74. The quantitative estimate of drug-likeness (QED) is 0.372. The zero-order chi connectivity index (χ0) is 21.1. The van der Waals surface area contributed by atoms with Crippen LogP contribution in [-0.4, -0.2) is 20.1 Å². The summed E-state index contributed by atoms with van der Waals surface area (Å²) >= 11 is 3.46. The summed E-state index contributed by atoms with van der Waals surface area (Å²) < 4.78 is 12.7. The zero-order valence-electron chi connectivity index (χ0n) is 16.6. The summed E-state index contributed by atoms with van der Waals surface area (Å²) in [6, 6.07) is 25.2. The van der Waals surface area contributed by atoms with Crippen molar-refractivity contribution in [3.63, 3.8) is 0 Å². The fourth-order valence-electron chi connectivity index (χ4n) is 3.31. The molecule has 4 aromatic rings. The van der Waals surface area contributed by atoms with Gasteiger partial charge in [0.05, 0.1) is 7.11 Å². The number of nitrogens with one attached hydrogen (secondary N) is 1. The Morgan fingerprint density at radius 1 is 0.867 bits per heavy atom. The number of ether oxygens (including phenoxy) is 2. The van der Waals surface area contributed by atoms with Gasteiger partial charge in [0, 0.05) is 28.0 Å². The Morgan fingerprint density at radius 2 is 1.57 bits per heavy atom. The van der Waals surface area contributed by atoms with E-state index >= 15 is 0 Å². The Hall–Kier alpha value is -3.31. The zero-order valence-corrected chi connectivity index (χ0v) is 18.2. The predicted molar refractivity (Wildman–Crippen MR) is 124 cm³/mol. The Balaban J connectivity index is 1.85. The van der Waals surface area contributed by atoms with Crippen LogP contribution in [0.15, 0.2) is 83.3 Å². The van der Waals surface area contributed by atoms with E-state index in [2.05, 4.69) is 21.2 Å². The number of rotatable bonds is 5. The number of hydrogen-bond acceptors (Lipinski definition) is 3. The molecule has 0 heterocycles. The third-order valence-electron chi connectivity index (χ3n) is 4.90. The summed E-state index contributed by atoms with van der Waals surface area (Å²) in [5.74, 6) is 2.17. The van der Waals surface area contributed by atoms with E-state index in [0.717, 1.165) is 43.6 Å². The molecule has 4 aromatic carbocycles. The van der Waals surface area contributed by atoms with Crippen LogP contribution in [0.1, 0.15) is 10.4 Å². The van der Waals surface area contributed by atoms with E-state index in [4.69, 9.17) is 9.47 Å². The lowest BCUT2D eigenvalue weighted by molar-refractivity contribution is 0.0963. The Morgan fingerprint density at radius 3 is 2.23 bits per heavy atom. The standard InChI is InChI=1S/C25H20BrNO3/c1-27-25(28)17-5-3-16(4-6-17)22-13-7-18-15-21(29-2)12-14-23(18)24(22)30-20-10-8-19(26)9-11-20/h3-15H,1-2H3,(H,27,28). The number of benzene rings is 4. The van der Waals surface area contributed by atoms with E-state index < -0.39 is 0 Å². The van der Waals surface area contributed by atoms with Crippen molar-refractivity contribution in [3.8, 4) is 28.4 Å². The first-order valence-electron chi connectivity index (χ1n) is 9.46. The van der Waals surface area contributed by atoms with Gasteiger partial charge in [-0.15, -0.1) is 0 Å². The van der Waals surface area contributed by atoms with E-state index in [1.807, 2.05) is 78.9 Å². The molecule has 0 spiro atoms. The normalized spacial score (nSPS) is 10.6. The van der Waals surface area contributed by atoms with Gasteiger partial charge in [-0.05, 0) is 71.6 Å². The van der Waals surface area contributed by atoms with Gasteiger partial charge in [-0.25, -0.2) is 0 Å². The van der Waals surface area contributed by atoms with Gasteiger partial charge in [-0.1, -0.05) is 34.1 Å². The average Bonchev–Trinajstić information content (AvgIpc) is 2.80. The third-order valence-corrected chi connectivity index (χ3v) is 5.42. The molecular formula is C25H20BrNO3. The maximum Gasteiger partial charge on any atom is 0.251 e. The van der Waals surface area contributed by atoms with E-state index in [0.29, 0.717) is 5.56 Å². The van der Waals surface area contributed by atoms with Crippen molar-refractivity contribution < 1.29 is 14.3 Å². The minimum atomic E-state index is -0.113. The molecule has 0 bridgehead atoms. The van der Waals surface area contributed by atoms with E-state index in [1.165, 1.54) is 0 Å². The van der Waals surface area contributed by atoms with Crippen LogP contribution in [0.3, 0.4) is 0 Å². The van der Waals surface area contributed by atoms with E-state index in [9.17, 15) is 4.79 Å². The van der Waals surface area contributed by atoms with Crippen molar-refractivity contribution in [2.24, 2.45) is 0 Å². The third kappa shape index (κ3) is 4.02. The average molecular weight is 462 g/mol. The molecule has 0 atom stereocenters. The molecule has 1 N–H and O–H groups in total. The van der Waals surface area contributed by atoms with Crippen LogP contribution in [0.25, 0.3) is 21.9 Å². The summed E-state index contributed by atoms with van der Waals surface area (Å²) in [6.45, 7) is 0. The molecule has 1 amide bonds. The van der Waals surface area contributed by atoms with E-state index in [1.54, 1.807) is 14.2 Å². The molecule has 0 aliphatic heterocycles. The number of hydrogen-bond donors (Lipinski definition) is 1. The molecular weight excluding hydrogens is 442 g/mol. The Kier molecular flexibility index (Phi) is 5.72. The highest BCUT2D eigenvalue weighted by molar-refractivity contribution is 9.10. The van der Waals surface area contributed by atoms with E-state index in [-0.39, 0.29) is 5.91 Å². The Bertz CT molecular complexity index is 1200. The molecule has 4 nitrogen and oxygen atoms in total. The lowest BCUT2D eigenvalue weighted by Crippen LogP contribution is -2.17. The molecule has 0 aliphatic rings. The van der Waals surface area contributed by atoms with Crippen molar-refractivity contribution in [1.82, 2.24) is 5.32 Å². The van der Waals surface area contributed by atoms with Gasteiger partial charge in [0.25, 0.3) is 5.91 Å². The van der Waals surface area contributed by atoms with Crippen LogP contribution in [0.4, 0.5) is 0 Å². The van der Waals surface area contributed by atoms with Crippen LogP contribution in [0.5, 0.6) is 17.2 Å². The van der Waals surface area contributed by atoms with Crippen molar-refractivity contribution in [2.75, 3.05) is 14.2 Å². The minimum absolute atomic E-state index is 0.113. The molecule has 150 valence electrons. The predicted octanol–water partition coefficient (Wildman–Crippen LogP) is 6.43. The Labute approximate surface area is 183 Å². The first kappa shape index (κ1) is 20.0. The highest BCUT2D eigenvalue weighted by atomic mass is 79.9. The maximum atomic E-state index is 11.9. The van der Waals surface area contributed by atoms with Crippen LogP contribution in [0, 0.1) is 0 Å². The smallest absolute Gasteiger partial charge is 0.251 e. The van der Waals surface area contributed by atoms with Gasteiger partial charge < -0.3 is 14.8 Å². The van der Waals surface area contributed by atoms with Crippen LogP contribution in [-0.2, 0) is 0 Å².